The zero-order chi connectivity index (χ0) is 11.0. The lowest BCUT2D eigenvalue weighted by atomic mass is 10.0. The first kappa shape index (κ1) is 11.0. The van der Waals surface area contributed by atoms with Crippen LogP contribution in [0.3, 0.4) is 0 Å². The fourth-order valence-corrected chi connectivity index (χ4v) is 2.29. The molecule has 1 aromatic carbocycles. The number of carbonyl (C=O) groups excluding carboxylic acids is 1. The lowest BCUT2D eigenvalue weighted by Gasteiger charge is -2.09. The van der Waals surface area contributed by atoms with Crippen LogP contribution in [0.2, 0.25) is 0 Å². The molecule has 0 amide bonds. The van der Waals surface area contributed by atoms with Crippen LogP contribution >= 0.6 is 27.5 Å². The zero-order valence-corrected chi connectivity index (χ0v) is 10.6. The number of carbonyl (C=O) groups is 1. The molecular formula is C11H10BrClO2. The standard InChI is InChI=1S/C11H10BrClO2/c1-6(13)10(14)9-5-8(12)4-7-2-3-15-11(7)9/h4-6H,2-3H2,1H3. The number of hydrogen-bond donors (Lipinski definition) is 0. The molecule has 0 aliphatic carbocycles. The second kappa shape index (κ2) is 4.14. The van der Waals surface area contributed by atoms with E-state index in [1.807, 2.05) is 6.07 Å². The molecule has 1 aromatic rings. The van der Waals surface area contributed by atoms with E-state index in [1.165, 1.54) is 0 Å². The fraction of sp³-hybridized carbons (Fsp3) is 0.364. The van der Waals surface area contributed by atoms with Crippen molar-refractivity contribution in [2.75, 3.05) is 6.61 Å². The lowest BCUT2D eigenvalue weighted by Crippen LogP contribution is -2.11. The van der Waals surface area contributed by atoms with Crippen molar-refractivity contribution in [3.63, 3.8) is 0 Å². The van der Waals surface area contributed by atoms with Gasteiger partial charge in [0.1, 0.15) is 5.75 Å². The molecule has 1 unspecified atom stereocenters. The van der Waals surface area contributed by atoms with Gasteiger partial charge in [0.25, 0.3) is 0 Å². The number of ketones is 1. The molecule has 1 heterocycles. The quantitative estimate of drug-likeness (QED) is 0.617. The first-order chi connectivity index (χ1) is 7.09. The Hall–Kier alpha value is -0.540. The summed E-state index contributed by atoms with van der Waals surface area (Å²) in [5, 5.41) is -0.521. The zero-order valence-electron chi connectivity index (χ0n) is 8.22. The first-order valence-corrected chi connectivity index (χ1v) is 5.96. The largest absolute Gasteiger partial charge is 0.492 e. The number of alkyl halides is 1. The molecule has 0 saturated carbocycles. The van der Waals surface area contributed by atoms with Gasteiger partial charge in [0.05, 0.1) is 17.5 Å². The van der Waals surface area contributed by atoms with Crippen LogP contribution in [0, 0.1) is 0 Å². The predicted molar refractivity (Wildman–Crippen MR) is 63.0 cm³/mol. The highest BCUT2D eigenvalue weighted by Crippen LogP contribution is 2.34. The summed E-state index contributed by atoms with van der Waals surface area (Å²) in [4.78, 5) is 11.8. The first-order valence-electron chi connectivity index (χ1n) is 4.73. The lowest BCUT2D eigenvalue weighted by molar-refractivity contribution is 0.0988. The van der Waals surface area contributed by atoms with Crippen molar-refractivity contribution in [3.05, 3.63) is 27.7 Å². The minimum Gasteiger partial charge on any atom is -0.492 e. The minimum absolute atomic E-state index is 0.0869. The molecule has 0 bridgehead atoms. The third kappa shape index (κ3) is 2.04. The summed E-state index contributed by atoms with van der Waals surface area (Å²) in [6.45, 7) is 2.31. The maximum Gasteiger partial charge on any atom is 0.184 e. The Labute approximate surface area is 102 Å². The van der Waals surface area contributed by atoms with Gasteiger partial charge < -0.3 is 4.74 Å². The second-order valence-electron chi connectivity index (χ2n) is 3.52. The van der Waals surface area contributed by atoms with Crippen LogP contribution in [-0.2, 0) is 6.42 Å². The van der Waals surface area contributed by atoms with Crippen LogP contribution in [0.25, 0.3) is 0 Å². The van der Waals surface area contributed by atoms with E-state index < -0.39 is 5.38 Å². The second-order valence-corrected chi connectivity index (χ2v) is 5.09. The average Bonchev–Trinajstić information content (AvgIpc) is 2.62. The Balaban J connectivity index is 2.51. The van der Waals surface area contributed by atoms with E-state index >= 15 is 0 Å². The van der Waals surface area contributed by atoms with Gasteiger partial charge >= 0.3 is 0 Å². The molecule has 0 saturated heterocycles. The average molecular weight is 290 g/mol. The molecular weight excluding hydrogens is 279 g/mol. The van der Waals surface area contributed by atoms with E-state index in [9.17, 15) is 4.79 Å². The highest BCUT2D eigenvalue weighted by Gasteiger charge is 2.23. The smallest absolute Gasteiger partial charge is 0.184 e. The van der Waals surface area contributed by atoms with Crippen molar-refractivity contribution in [1.82, 2.24) is 0 Å². The van der Waals surface area contributed by atoms with Gasteiger partial charge in [-0.05, 0) is 24.6 Å². The van der Waals surface area contributed by atoms with Gasteiger partial charge in [-0.15, -0.1) is 11.6 Å². The van der Waals surface area contributed by atoms with Gasteiger partial charge in [0.2, 0.25) is 0 Å². The van der Waals surface area contributed by atoms with Crippen molar-refractivity contribution in [2.24, 2.45) is 0 Å². The molecule has 0 N–H and O–H groups in total. The van der Waals surface area contributed by atoms with E-state index in [-0.39, 0.29) is 5.78 Å². The number of fused-ring (bicyclic) bond motifs is 1. The summed E-state index contributed by atoms with van der Waals surface area (Å²) < 4.78 is 6.35. The summed E-state index contributed by atoms with van der Waals surface area (Å²) in [5.41, 5.74) is 1.66. The molecule has 1 aliphatic heterocycles. The molecule has 0 spiro atoms. The van der Waals surface area contributed by atoms with Crippen LogP contribution < -0.4 is 4.74 Å². The van der Waals surface area contributed by atoms with Gasteiger partial charge in [0, 0.05) is 10.9 Å². The summed E-state index contributed by atoms with van der Waals surface area (Å²) in [6.07, 6.45) is 0.853. The number of rotatable bonds is 2. The third-order valence-electron chi connectivity index (χ3n) is 2.38. The van der Waals surface area contributed by atoms with Crippen LogP contribution in [0.1, 0.15) is 22.8 Å². The summed E-state index contributed by atoms with van der Waals surface area (Å²) >= 11 is 9.18. The van der Waals surface area contributed by atoms with Crippen LogP contribution in [-0.4, -0.2) is 17.8 Å². The Morgan fingerprint density at radius 2 is 2.33 bits per heavy atom. The molecule has 80 valence electrons. The molecule has 0 fully saturated rings. The molecule has 1 aliphatic rings. The van der Waals surface area contributed by atoms with Crippen molar-refractivity contribution in [3.8, 4) is 5.75 Å². The van der Waals surface area contributed by atoms with Gasteiger partial charge in [-0.3, -0.25) is 4.79 Å². The van der Waals surface area contributed by atoms with Gasteiger partial charge in [-0.25, -0.2) is 0 Å². The molecule has 15 heavy (non-hydrogen) atoms. The number of halogens is 2. The van der Waals surface area contributed by atoms with Gasteiger partial charge in [-0.2, -0.15) is 0 Å². The highest BCUT2D eigenvalue weighted by atomic mass is 79.9. The van der Waals surface area contributed by atoms with Crippen LogP contribution in [0.5, 0.6) is 5.75 Å². The molecule has 0 radical (unpaired) electrons. The van der Waals surface area contributed by atoms with Crippen LogP contribution in [0.15, 0.2) is 16.6 Å². The normalized spacial score (nSPS) is 15.7. The molecule has 4 heteroatoms. The fourth-order valence-electron chi connectivity index (χ4n) is 1.67. The van der Waals surface area contributed by atoms with Gasteiger partial charge in [-0.1, -0.05) is 15.9 Å². The van der Waals surface area contributed by atoms with Crippen molar-refractivity contribution in [2.45, 2.75) is 18.7 Å². The Bertz CT molecular complexity index is 415. The number of benzene rings is 1. The number of Topliss-reactive ketones (excluding diaryl/α,β-unsaturated/α-hetero) is 1. The molecule has 1 atom stereocenters. The maximum atomic E-state index is 11.8. The maximum absolute atomic E-state index is 11.8. The van der Waals surface area contributed by atoms with E-state index in [2.05, 4.69) is 15.9 Å². The van der Waals surface area contributed by atoms with E-state index in [4.69, 9.17) is 16.3 Å². The van der Waals surface area contributed by atoms with E-state index in [1.54, 1.807) is 13.0 Å². The Morgan fingerprint density at radius 1 is 1.60 bits per heavy atom. The summed E-state index contributed by atoms with van der Waals surface area (Å²) in [6, 6.07) is 3.75. The highest BCUT2D eigenvalue weighted by molar-refractivity contribution is 9.10. The molecule has 2 rings (SSSR count). The van der Waals surface area contributed by atoms with E-state index in [0.717, 1.165) is 16.5 Å². The number of hydrogen-bond acceptors (Lipinski definition) is 2. The molecule has 2 nitrogen and oxygen atoms in total. The Morgan fingerprint density at radius 3 is 3.00 bits per heavy atom. The van der Waals surface area contributed by atoms with Gasteiger partial charge in [0.15, 0.2) is 5.78 Å². The monoisotopic (exact) mass is 288 g/mol. The Kier molecular flexibility index (Phi) is 3.03. The van der Waals surface area contributed by atoms with E-state index in [0.29, 0.717) is 17.9 Å². The molecule has 0 aromatic heterocycles. The number of ether oxygens (including phenoxy) is 1. The minimum atomic E-state index is -0.521. The third-order valence-corrected chi connectivity index (χ3v) is 3.03. The van der Waals surface area contributed by atoms with Crippen molar-refractivity contribution < 1.29 is 9.53 Å². The predicted octanol–water partition coefficient (Wildman–Crippen LogP) is 3.19. The summed E-state index contributed by atoms with van der Waals surface area (Å²) in [5.74, 6) is 0.617. The van der Waals surface area contributed by atoms with Crippen LogP contribution in [0.4, 0.5) is 0 Å². The van der Waals surface area contributed by atoms with Crippen molar-refractivity contribution in [1.29, 1.82) is 0 Å². The SMILES string of the molecule is CC(Cl)C(=O)c1cc(Br)cc2c1OCC2. The summed E-state index contributed by atoms with van der Waals surface area (Å²) in [7, 11) is 0. The topological polar surface area (TPSA) is 26.3 Å². The van der Waals surface area contributed by atoms with Crippen molar-refractivity contribution >= 4 is 33.3 Å².